The molecule has 0 bridgehead atoms. The molecule has 146 valence electrons. The fraction of sp³-hybridized carbons (Fsp3) is 0.556. The minimum Gasteiger partial charge on any atom is -0.481 e. The Morgan fingerprint density at radius 2 is 1.69 bits per heavy atom. The highest BCUT2D eigenvalue weighted by molar-refractivity contribution is 6.40. The number of Topliss-reactive ketones (excluding diaryl/α,β-unsaturated/α-hetero) is 1. The molecule has 1 unspecified atom stereocenters. The van der Waals surface area contributed by atoms with Crippen molar-refractivity contribution in [3.05, 3.63) is 23.3 Å². The highest BCUT2D eigenvalue weighted by atomic mass is 16.7. The van der Waals surface area contributed by atoms with Crippen molar-refractivity contribution in [1.29, 1.82) is 0 Å². The third kappa shape index (κ3) is 8.57. The molecule has 1 atom stereocenters. The van der Waals surface area contributed by atoms with E-state index in [0.717, 1.165) is 0 Å². The van der Waals surface area contributed by atoms with Gasteiger partial charge in [-0.25, -0.2) is 4.79 Å². The van der Waals surface area contributed by atoms with Gasteiger partial charge < -0.3 is 20.1 Å². The Bertz CT molecular complexity index is 623. The number of carboxylic acid groups (broad SMARTS) is 2. The maximum absolute atomic E-state index is 11.0. The van der Waals surface area contributed by atoms with Crippen LogP contribution < -0.4 is 0 Å². The summed E-state index contributed by atoms with van der Waals surface area (Å²) in [5.74, 6) is -5.47. The molecular formula is C18H26O8. The minimum atomic E-state index is -1.63. The van der Waals surface area contributed by atoms with Crippen molar-refractivity contribution in [2.75, 3.05) is 0 Å². The van der Waals surface area contributed by atoms with E-state index in [0.29, 0.717) is 11.5 Å². The van der Waals surface area contributed by atoms with Gasteiger partial charge in [-0.3, -0.25) is 14.4 Å². The Labute approximate surface area is 152 Å². The largest absolute Gasteiger partial charge is 0.481 e. The first-order valence-electron chi connectivity index (χ1n) is 8.11. The maximum Gasteiger partial charge on any atom is 0.376 e. The molecule has 0 aliphatic carbocycles. The van der Waals surface area contributed by atoms with Crippen molar-refractivity contribution in [2.45, 2.75) is 53.2 Å². The first-order valence-corrected chi connectivity index (χ1v) is 8.11. The molecule has 3 N–H and O–H groups in total. The summed E-state index contributed by atoms with van der Waals surface area (Å²) in [6.07, 6.45) is 2.88. The lowest BCUT2D eigenvalue weighted by atomic mass is 10.0. The second-order valence-electron chi connectivity index (χ2n) is 6.71. The molecule has 0 aromatic heterocycles. The van der Waals surface area contributed by atoms with Crippen molar-refractivity contribution < 1.29 is 39.2 Å². The zero-order valence-corrected chi connectivity index (χ0v) is 15.6. The van der Waals surface area contributed by atoms with Gasteiger partial charge in [-0.05, 0) is 11.8 Å². The van der Waals surface area contributed by atoms with Crippen LogP contribution in [0.15, 0.2) is 23.3 Å². The number of carbonyl (C=O) groups is 4. The molecule has 1 rings (SSSR count). The molecule has 8 heteroatoms. The topological polar surface area (TPSA) is 138 Å². The molecule has 1 aliphatic rings. The number of hydrogen-bond acceptors (Lipinski definition) is 6. The number of aliphatic carboxylic acids is 2. The standard InChI is InChI=1S/C9H12O5.C9H14O3/c1-5(2)3-6(4-7(10)11)8(12)9(13)14;1-6(2)4-7-5-8(10)12-9(7,3)11/h3,5H,4H2,1-2H3,(H,10,11)(H,13,14);4,6,11H,5H2,1-3H3/b6-3+;7-4+. The normalized spacial score (nSPS) is 21.5. The van der Waals surface area contributed by atoms with E-state index in [1.807, 2.05) is 19.9 Å². The van der Waals surface area contributed by atoms with Crippen molar-refractivity contribution in [3.63, 3.8) is 0 Å². The molecular weight excluding hydrogens is 344 g/mol. The van der Waals surface area contributed by atoms with E-state index in [1.165, 1.54) is 13.0 Å². The van der Waals surface area contributed by atoms with Crippen molar-refractivity contribution >= 4 is 23.7 Å². The summed E-state index contributed by atoms with van der Waals surface area (Å²) in [4.78, 5) is 42.5. The number of rotatable bonds is 6. The third-order valence-electron chi connectivity index (χ3n) is 3.14. The highest BCUT2D eigenvalue weighted by Crippen LogP contribution is 2.30. The van der Waals surface area contributed by atoms with Crippen LogP contribution in [0, 0.1) is 11.8 Å². The zero-order chi connectivity index (χ0) is 20.7. The van der Waals surface area contributed by atoms with Gasteiger partial charge in [0.2, 0.25) is 5.79 Å². The molecule has 0 amide bonds. The van der Waals surface area contributed by atoms with E-state index in [1.54, 1.807) is 13.8 Å². The van der Waals surface area contributed by atoms with Crippen LogP contribution in [0.3, 0.4) is 0 Å². The second-order valence-corrected chi connectivity index (χ2v) is 6.71. The average molecular weight is 370 g/mol. The number of carboxylic acids is 2. The lowest BCUT2D eigenvalue weighted by Crippen LogP contribution is -2.24. The highest BCUT2D eigenvalue weighted by Gasteiger charge is 2.38. The Morgan fingerprint density at radius 1 is 1.15 bits per heavy atom. The Balaban J connectivity index is 0.000000485. The van der Waals surface area contributed by atoms with Crippen LogP contribution in [0.4, 0.5) is 0 Å². The summed E-state index contributed by atoms with van der Waals surface area (Å²) in [7, 11) is 0. The van der Waals surface area contributed by atoms with Gasteiger partial charge in [0, 0.05) is 18.1 Å². The molecule has 26 heavy (non-hydrogen) atoms. The van der Waals surface area contributed by atoms with Gasteiger partial charge >= 0.3 is 17.9 Å². The molecule has 8 nitrogen and oxygen atoms in total. The van der Waals surface area contributed by atoms with Gasteiger partial charge in [-0.15, -0.1) is 0 Å². The predicted octanol–water partition coefficient (Wildman–Crippen LogP) is 1.92. The number of allylic oxidation sites excluding steroid dienone is 2. The summed E-state index contributed by atoms with van der Waals surface area (Å²) in [5, 5.41) is 26.4. The average Bonchev–Trinajstić information content (AvgIpc) is 2.68. The smallest absolute Gasteiger partial charge is 0.376 e. The Kier molecular flexibility index (Phi) is 8.92. The molecule has 1 heterocycles. The van der Waals surface area contributed by atoms with E-state index < -0.39 is 29.9 Å². The van der Waals surface area contributed by atoms with Gasteiger partial charge in [0.05, 0.1) is 12.8 Å². The van der Waals surface area contributed by atoms with Crippen LogP contribution in [0.1, 0.15) is 47.5 Å². The quantitative estimate of drug-likeness (QED) is 0.279. The van der Waals surface area contributed by atoms with Gasteiger partial charge in [0.25, 0.3) is 5.78 Å². The van der Waals surface area contributed by atoms with Crippen molar-refractivity contribution in [2.24, 2.45) is 11.8 Å². The first-order chi connectivity index (χ1) is 11.8. The fourth-order valence-electron chi connectivity index (χ4n) is 2.18. The molecule has 0 saturated carbocycles. The van der Waals surface area contributed by atoms with E-state index in [-0.39, 0.29) is 23.9 Å². The van der Waals surface area contributed by atoms with E-state index in [4.69, 9.17) is 14.9 Å². The zero-order valence-electron chi connectivity index (χ0n) is 15.6. The molecule has 1 saturated heterocycles. The lowest BCUT2D eigenvalue weighted by molar-refractivity contribution is -0.173. The second kappa shape index (κ2) is 9.86. The predicted molar refractivity (Wildman–Crippen MR) is 92.1 cm³/mol. The maximum atomic E-state index is 11.0. The summed E-state index contributed by atoms with van der Waals surface area (Å²) < 4.78 is 4.71. The first kappa shape index (κ1) is 23.5. The van der Waals surface area contributed by atoms with E-state index >= 15 is 0 Å². The number of esters is 1. The van der Waals surface area contributed by atoms with Crippen molar-refractivity contribution in [3.8, 4) is 0 Å². The molecule has 0 spiro atoms. The number of ether oxygens (including phenoxy) is 1. The SMILES string of the molecule is CC(C)/C=C(\CC(=O)O)C(=O)C(=O)O.CC(C)/C=C1\CC(=O)OC1(C)O. The van der Waals surface area contributed by atoms with Gasteiger partial charge in [0.15, 0.2) is 0 Å². The monoisotopic (exact) mass is 370 g/mol. The van der Waals surface area contributed by atoms with Crippen LogP contribution in [0.2, 0.25) is 0 Å². The van der Waals surface area contributed by atoms with Crippen LogP contribution in [-0.4, -0.2) is 44.8 Å². The van der Waals surface area contributed by atoms with Crippen LogP contribution in [0.25, 0.3) is 0 Å². The molecule has 1 aliphatic heterocycles. The fourth-order valence-corrected chi connectivity index (χ4v) is 2.18. The summed E-state index contributed by atoms with van der Waals surface area (Å²) in [6, 6.07) is 0. The van der Waals surface area contributed by atoms with Crippen LogP contribution in [-0.2, 0) is 23.9 Å². The number of cyclic esters (lactones) is 1. The lowest BCUT2D eigenvalue weighted by Gasteiger charge is -2.16. The molecule has 0 radical (unpaired) electrons. The van der Waals surface area contributed by atoms with Gasteiger partial charge in [0.1, 0.15) is 0 Å². The minimum absolute atomic E-state index is 0.0624. The Morgan fingerprint density at radius 3 is 2.00 bits per heavy atom. The third-order valence-corrected chi connectivity index (χ3v) is 3.14. The number of hydrogen-bond donors (Lipinski definition) is 3. The molecule has 0 aromatic rings. The van der Waals surface area contributed by atoms with Crippen LogP contribution >= 0.6 is 0 Å². The summed E-state index contributed by atoms with van der Waals surface area (Å²) >= 11 is 0. The summed E-state index contributed by atoms with van der Waals surface area (Å²) in [5.41, 5.74) is 0.488. The number of aliphatic hydroxyl groups is 1. The van der Waals surface area contributed by atoms with E-state index in [2.05, 4.69) is 0 Å². The van der Waals surface area contributed by atoms with E-state index in [9.17, 15) is 24.3 Å². The number of ketones is 1. The summed E-state index contributed by atoms with van der Waals surface area (Å²) in [6.45, 7) is 8.94. The number of carbonyl (C=O) groups excluding carboxylic acids is 2. The molecule has 0 aromatic carbocycles. The molecule has 1 fully saturated rings. The van der Waals surface area contributed by atoms with Gasteiger partial charge in [-0.1, -0.05) is 39.8 Å². The van der Waals surface area contributed by atoms with Crippen LogP contribution in [0.5, 0.6) is 0 Å². The van der Waals surface area contributed by atoms with Crippen molar-refractivity contribution in [1.82, 2.24) is 0 Å². The Hall–Kier alpha value is -2.48. The van der Waals surface area contributed by atoms with Gasteiger partial charge in [-0.2, -0.15) is 0 Å².